The second-order valence-corrected chi connectivity index (χ2v) is 11.4. The molecule has 0 aliphatic heterocycles. The average molecular weight is 622 g/mol. The number of aromatic hydroxyl groups is 1. The molecule has 0 unspecified atom stereocenters. The van der Waals surface area contributed by atoms with Crippen LogP contribution in [0.1, 0.15) is 37.0 Å². The Hall–Kier alpha value is -4.51. The summed E-state index contributed by atoms with van der Waals surface area (Å²) >= 11 is 1.42. The number of carbonyl (C=O) groups is 4. The third-order valence-electron chi connectivity index (χ3n) is 7.00. The van der Waals surface area contributed by atoms with Crippen molar-refractivity contribution < 1.29 is 34.1 Å². The molecule has 5 N–H and O–H groups in total. The Morgan fingerprint density at radius 2 is 1.36 bits per heavy atom. The van der Waals surface area contributed by atoms with Gasteiger partial charge in [-0.1, -0.05) is 93.1 Å². The zero-order chi connectivity index (χ0) is 31.9. The molecule has 4 atom stereocenters. The highest BCUT2D eigenvalue weighted by molar-refractivity contribution is 7.98. The minimum absolute atomic E-state index is 0.0102. The molecule has 0 aliphatic carbocycles. The molecule has 0 aliphatic rings. The number of carboxylic acid groups (broad SMARTS) is 1. The van der Waals surface area contributed by atoms with E-state index in [-0.39, 0.29) is 30.4 Å². The highest BCUT2D eigenvalue weighted by Crippen LogP contribution is 2.16. The zero-order valence-electron chi connectivity index (χ0n) is 24.8. The standard InChI is InChI=1S/C33H39N3O7S/c1-3-22(2)29(32(40)41)36-30(38)27(18-23-14-16-26(37)17-15-23)34-31(39)28(21-44-20-25-12-8-5-9-13-25)35-33(42)43-19-24-10-6-4-7-11-24/h4-17,22,27-29,37H,3,18-21H2,1-2H3,(H,34,39)(H,35,42)(H,36,38)(H,40,41)/t22-,27-,28-,29-/m0/s1. The predicted octanol–water partition coefficient (Wildman–Crippen LogP) is 4.26. The number of phenolic OH excluding ortho intramolecular Hbond substituents is 1. The van der Waals surface area contributed by atoms with Crippen molar-refractivity contribution in [2.24, 2.45) is 5.92 Å². The lowest BCUT2D eigenvalue weighted by Crippen LogP contribution is -2.57. The number of rotatable bonds is 16. The molecule has 44 heavy (non-hydrogen) atoms. The summed E-state index contributed by atoms with van der Waals surface area (Å²) in [6.07, 6.45) is -0.258. The minimum Gasteiger partial charge on any atom is -0.508 e. The highest BCUT2D eigenvalue weighted by Gasteiger charge is 2.32. The molecule has 234 valence electrons. The molecule has 0 heterocycles. The Morgan fingerprint density at radius 3 is 1.95 bits per heavy atom. The van der Waals surface area contributed by atoms with Gasteiger partial charge in [-0.25, -0.2) is 9.59 Å². The fourth-order valence-electron chi connectivity index (χ4n) is 4.25. The van der Waals surface area contributed by atoms with E-state index in [0.29, 0.717) is 17.7 Å². The maximum atomic E-state index is 13.6. The van der Waals surface area contributed by atoms with Crippen molar-refractivity contribution in [2.75, 3.05) is 5.75 Å². The summed E-state index contributed by atoms with van der Waals surface area (Å²) in [4.78, 5) is 51.7. The van der Waals surface area contributed by atoms with E-state index < -0.39 is 42.0 Å². The number of carboxylic acids is 1. The Morgan fingerprint density at radius 1 is 0.773 bits per heavy atom. The van der Waals surface area contributed by atoms with Gasteiger partial charge in [0.2, 0.25) is 11.8 Å². The fraction of sp³-hybridized carbons (Fsp3) is 0.333. The van der Waals surface area contributed by atoms with Gasteiger partial charge in [0, 0.05) is 17.9 Å². The van der Waals surface area contributed by atoms with Crippen LogP contribution in [0.4, 0.5) is 4.79 Å². The van der Waals surface area contributed by atoms with Crippen LogP contribution in [0.5, 0.6) is 5.75 Å². The Balaban J connectivity index is 1.77. The Bertz CT molecular complexity index is 1360. The van der Waals surface area contributed by atoms with Crippen LogP contribution in [0, 0.1) is 5.92 Å². The van der Waals surface area contributed by atoms with Gasteiger partial charge in [0.25, 0.3) is 0 Å². The van der Waals surface area contributed by atoms with E-state index in [1.54, 1.807) is 19.1 Å². The lowest BCUT2D eigenvalue weighted by atomic mass is 9.98. The number of aliphatic carboxylic acids is 1. The second kappa shape index (κ2) is 17.6. The summed E-state index contributed by atoms with van der Waals surface area (Å²) in [7, 11) is 0. The van der Waals surface area contributed by atoms with Gasteiger partial charge in [-0.05, 0) is 34.7 Å². The average Bonchev–Trinajstić information content (AvgIpc) is 3.03. The van der Waals surface area contributed by atoms with Crippen LogP contribution < -0.4 is 16.0 Å². The van der Waals surface area contributed by atoms with Gasteiger partial charge >= 0.3 is 12.1 Å². The van der Waals surface area contributed by atoms with Gasteiger partial charge in [0.05, 0.1) is 0 Å². The number of carbonyl (C=O) groups excluding carboxylic acids is 3. The van der Waals surface area contributed by atoms with Crippen molar-refractivity contribution in [1.82, 2.24) is 16.0 Å². The molecule has 3 amide bonds. The third kappa shape index (κ3) is 11.3. The lowest BCUT2D eigenvalue weighted by molar-refractivity contribution is -0.143. The second-order valence-electron chi connectivity index (χ2n) is 10.4. The topological polar surface area (TPSA) is 154 Å². The molecule has 0 aromatic heterocycles. The third-order valence-corrected chi connectivity index (χ3v) is 8.11. The summed E-state index contributed by atoms with van der Waals surface area (Å²) in [5.41, 5.74) is 2.45. The van der Waals surface area contributed by atoms with Crippen molar-refractivity contribution in [3.8, 4) is 5.75 Å². The Labute approximate surface area is 261 Å². The van der Waals surface area contributed by atoms with E-state index in [1.165, 1.54) is 23.9 Å². The van der Waals surface area contributed by atoms with Crippen molar-refractivity contribution in [3.05, 3.63) is 102 Å². The first kappa shape index (κ1) is 34.0. The molecule has 0 saturated carbocycles. The van der Waals surface area contributed by atoms with Crippen LogP contribution in [0.2, 0.25) is 0 Å². The van der Waals surface area contributed by atoms with Crippen LogP contribution in [0.15, 0.2) is 84.9 Å². The molecule has 3 aromatic carbocycles. The highest BCUT2D eigenvalue weighted by atomic mass is 32.2. The van der Waals surface area contributed by atoms with Gasteiger partial charge in [-0.3, -0.25) is 9.59 Å². The van der Waals surface area contributed by atoms with E-state index in [2.05, 4.69) is 16.0 Å². The molecule has 3 rings (SSSR count). The maximum absolute atomic E-state index is 13.6. The fourth-order valence-corrected chi connectivity index (χ4v) is 5.26. The minimum atomic E-state index is -1.18. The van der Waals surface area contributed by atoms with Crippen LogP contribution >= 0.6 is 11.8 Å². The number of amides is 3. The normalized spacial score (nSPS) is 13.5. The van der Waals surface area contributed by atoms with Crippen molar-refractivity contribution in [3.63, 3.8) is 0 Å². The summed E-state index contributed by atoms with van der Waals surface area (Å²) in [5.74, 6) is -2.05. The molecule has 11 heteroatoms. The number of phenols is 1. The van der Waals surface area contributed by atoms with Crippen LogP contribution in [-0.4, -0.2) is 58.0 Å². The van der Waals surface area contributed by atoms with Crippen molar-refractivity contribution >= 4 is 35.6 Å². The number of thioether (sulfide) groups is 1. The molecule has 0 bridgehead atoms. The molecule has 0 fully saturated rings. The van der Waals surface area contributed by atoms with Gasteiger partial charge < -0.3 is 30.9 Å². The monoisotopic (exact) mass is 621 g/mol. The van der Waals surface area contributed by atoms with E-state index in [1.807, 2.05) is 67.6 Å². The maximum Gasteiger partial charge on any atom is 0.408 e. The van der Waals surface area contributed by atoms with Gasteiger partial charge in [0.1, 0.15) is 30.5 Å². The van der Waals surface area contributed by atoms with Crippen molar-refractivity contribution in [1.29, 1.82) is 0 Å². The number of nitrogens with one attached hydrogen (secondary N) is 3. The van der Waals surface area contributed by atoms with Gasteiger partial charge in [-0.2, -0.15) is 11.8 Å². The summed E-state index contributed by atoms with van der Waals surface area (Å²) in [5, 5.41) is 27.3. The molecule has 0 radical (unpaired) electrons. The predicted molar refractivity (Wildman–Crippen MR) is 169 cm³/mol. The first-order chi connectivity index (χ1) is 21.2. The molecule has 0 saturated heterocycles. The lowest BCUT2D eigenvalue weighted by Gasteiger charge is -2.26. The first-order valence-electron chi connectivity index (χ1n) is 14.4. The number of hydrogen-bond donors (Lipinski definition) is 5. The van der Waals surface area contributed by atoms with Crippen LogP contribution in [0.3, 0.4) is 0 Å². The smallest absolute Gasteiger partial charge is 0.408 e. The summed E-state index contributed by atoms with van der Waals surface area (Å²) in [6.45, 7) is 3.55. The summed E-state index contributed by atoms with van der Waals surface area (Å²) in [6, 6.07) is 21.5. The van der Waals surface area contributed by atoms with Crippen molar-refractivity contribution in [2.45, 2.75) is 57.2 Å². The molecule has 10 nitrogen and oxygen atoms in total. The number of benzene rings is 3. The molecular formula is C33H39N3O7S. The number of ether oxygens (including phenoxy) is 1. The first-order valence-corrected chi connectivity index (χ1v) is 15.5. The van der Waals surface area contributed by atoms with Gasteiger partial charge in [0.15, 0.2) is 0 Å². The number of alkyl carbamates (subject to hydrolysis) is 1. The molecule has 3 aromatic rings. The van der Waals surface area contributed by atoms with E-state index >= 15 is 0 Å². The number of hydrogen-bond acceptors (Lipinski definition) is 7. The molecular weight excluding hydrogens is 582 g/mol. The van der Waals surface area contributed by atoms with E-state index in [0.717, 1.165) is 11.1 Å². The van der Waals surface area contributed by atoms with Gasteiger partial charge in [-0.15, -0.1) is 0 Å². The SMILES string of the molecule is CC[C@H](C)[C@H](NC(=O)[C@H](Cc1ccc(O)cc1)NC(=O)[C@H](CSCc1ccccc1)NC(=O)OCc1ccccc1)C(=O)O. The van der Waals surface area contributed by atoms with E-state index in [9.17, 15) is 29.4 Å². The van der Waals surface area contributed by atoms with E-state index in [4.69, 9.17) is 4.74 Å². The molecule has 0 spiro atoms. The largest absolute Gasteiger partial charge is 0.508 e. The van der Waals surface area contributed by atoms with Crippen LogP contribution in [0.25, 0.3) is 0 Å². The Kier molecular flexibility index (Phi) is 13.6. The van der Waals surface area contributed by atoms with Crippen LogP contribution in [-0.2, 0) is 37.9 Å². The summed E-state index contributed by atoms with van der Waals surface area (Å²) < 4.78 is 5.34. The quantitative estimate of drug-likeness (QED) is 0.159. The zero-order valence-corrected chi connectivity index (χ0v) is 25.6.